The first-order valence-corrected chi connectivity index (χ1v) is 21.5. The van der Waals surface area contributed by atoms with Crippen LogP contribution in [0.2, 0.25) is 5.04 Å². The number of aliphatic hydroxyl groups is 2. The molecule has 282 valence electrons. The smallest absolute Gasteiger partial charge is 0.261 e. The van der Waals surface area contributed by atoms with Crippen LogP contribution in [0.25, 0.3) is 0 Å². The van der Waals surface area contributed by atoms with Crippen LogP contribution in [0.3, 0.4) is 0 Å². The highest BCUT2D eigenvalue weighted by Crippen LogP contribution is 2.38. The summed E-state index contributed by atoms with van der Waals surface area (Å²) in [6, 6.07) is 21.2. The molecule has 2 aromatic rings. The van der Waals surface area contributed by atoms with E-state index in [-0.39, 0.29) is 10.8 Å². The van der Waals surface area contributed by atoms with Gasteiger partial charge in [-0.3, -0.25) is 0 Å². The molecule has 0 aromatic heterocycles. The van der Waals surface area contributed by atoms with Crippen LogP contribution in [0.15, 0.2) is 72.8 Å². The normalized spacial score (nSPS) is 17.3. The molecular formula is C43H70O6Si. The minimum absolute atomic E-state index is 0.161. The van der Waals surface area contributed by atoms with Crippen LogP contribution < -0.4 is 10.4 Å². The number of aliphatic hydroxyl groups excluding tert-OH is 1. The van der Waals surface area contributed by atoms with Crippen molar-refractivity contribution in [1.82, 2.24) is 0 Å². The Kier molecular flexibility index (Phi) is 17.4. The Bertz CT molecular complexity index is 1180. The van der Waals surface area contributed by atoms with Gasteiger partial charge >= 0.3 is 0 Å². The molecule has 1 aliphatic rings. The Labute approximate surface area is 306 Å². The first kappa shape index (κ1) is 42.6. The van der Waals surface area contributed by atoms with Crippen LogP contribution in [0.5, 0.6) is 0 Å². The predicted molar refractivity (Wildman–Crippen MR) is 209 cm³/mol. The molecule has 2 N–H and O–H groups in total. The summed E-state index contributed by atoms with van der Waals surface area (Å²) in [6.07, 6.45) is 17.6. The lowest BCUT2D eigenvalue weighted by atomic mass is 9.88. The van der Waals surface area contributed by atoms with Crippen molar-refractivity contribution < 1.29 is 28.8 Å². The largest absolute Gasteiger partial charge is 0.407 e. The maximum Gasteiger partial charge on any atom is 0.261 e. The van der Waals surface area contributed by atoms with Gasteiger partial charge in [-0.1, -0.05) is 146 Å². The van der Waals surface area contributed by atoms with E-state index in [1.165, 1.54) is 42.5 Å². The van der Waals surface area contributed by atoms with Crippen LogP contribution in [0.1, 0.15) is 138 Å². The number of hydrogen-bond acceptors (Lipinski definition) is 6. The molecule has 0 amide bonds. The second-order valence-corrected chi connectivity index (χ2v) is 20.1. The first-order chi connectivity index (χ1) is 23.8. The molecule has 3 rings (SSSR count). The van der Waals surface area contributed by atoms with Crippen molar-refractivity contribution in [3.05, 3.63) is 72.8 Å². The van der Waals surface area contributed by atoms with Gasteiger partial charge in [0.25, 0.3) is 8.32 Å². The zero-order chi connectivity index (χ0) is 36.6. The molecule has 0 bridgehead atoms. The molecule has 1 fully saturated rings. The molecule has 0 aliphatic carbocycles. The molecule has 1 heterocycles. The van der Waals surface area contributed by atoms with E-state index in [0.29, 0.717) is 32.7 Å². The summed E-state index contributed by atoms with van der Waals surface area (Å²) in [4.78, 5) is 0. The van der Waals surface area contributed by atoms with Gasteiger partial charge in [0.15, 0.2) is 11.6 Å². The lowest BCUT2D eigenvalue weighted by molar-refractivity contribution is -0.269. The Morgan fingerprint density at radius 3 is 1.78 bits per heavy atom. The highest BCUT2D eigenvalue weighted by Gasteiger charge is 2.51. The Balaban J connectivity index is 1.61. The van der Waals surface area contributed by atoms with E-state index in [1.54, 1.807) is 13.8 Å². The third-order valence-corrected chi connectivity index (χ3v) is 15.4. The fourth-order valence-electron chi connectivity index (χ4n) is 7.67. The van der Waals surface area contributed by atoms with E-state index < -0.39 is 25.8 Å². The minimum Gasteiger partial charge on any atom is -0.407 e. The van der Waals surface area contributed by atoms with E-state index in [9.17, 15) is 10.2 Å². The number of unbranched alkanes of at least 4 members (excludes halogenated alkanes) is 8. The standard InChI is InChI=1S/C43H70O6Si/c1-8-10-11-15-24-31-43(46-35-36-47-43)32-25-16-13-12-14-23-30-39(44)42(9-2,49-41(6,7)45)33-34-48-50(40(3,4)5,37-26-19-17-20-27-37)38-28-21-18-22-29-38/h17-23,26-30,39,44-45H,8-16,24-25,31-36H2,1-7H3/b30-23+/t39-,42+/m0/s1. The second-order valence-electron chi connectivity index (χ2n) is 15.8. The third-order valence-electron chi connectivity index (χ3n) is 10.3. The molecule has 2 aromatic carbocycles. The summed E-state index contributed by atoms with van der Waals surface area (Å²) < 4.78 is 25.7. The Morgan fingerprint density at radius 1 is 0.780 bits per heavy atom. The van der Waals surface area contributed by atoms with Gasteiger partial charge in [0.2, 0.25) is 0 Å². The lowest BCUT2D eigenvalue weighted by Gasteiger charge is -2.45. The van der Waals surface area contributed by atoms with Gasteiger partial charge in [0, 0.05) is 25.9 Å². The Morgan fingerprint density at radius 2 is 1.30 bits per heavy atom. The van der Waals surface area contributed by atoms with Crippen molar-refractivity contribution in [2.75, 3.05) is 19.8 Å². The SMILES string of the molecule is CCCCCCCC1(CCCCCC/C=C/[C@H](O)[C@@](CC)(CCO[Si](c2ccccc2)(c2ccccc2)C(C)(C)C)OC(C)(C)O)OCCO1. The van der Waals surface area contributed by atoms with Gasteiger partial charge in [-0.15, -0.1) is 0 Å². The molecule has 0 unspecified atom stereocenters. The average molecular weight is 711 g/mol. The molecule has 6 nitrogen and oxygen atoms in total. The molecule has 0 spiro atoms. The van der Waals surface area contributed by atoms with Gasteiger partial charge in [0.1, 0.15) is 11.7 Å². The van der Waals surface area contributed by atoms with Crippen molar-refractivity contribution in [2.45, 2.75) is 167 Å². The Hall–Kier alpha value is -1.84. The molecular weight excluding hydrogens is 641 g/mol. The van der Waals surface area contributed by atoms with Gasteiger partial charge in [-0.05, 0) is 61.4 Å². The third kappa shape index (κ3) is 12.4. The summed E-state index contributed by atoms with van der Waals surface area (Å²) >= 11 is 0. The van der Waals surface area contributed by atoms with Crippen LogP contribution in [0, 0.1) is 0 Å². The summed E-state index contributed by atoms with van der Waals surface area (Å²) in [6.45, 7) is 16.1. The minimum atomic E-state index is -2.76. The molecule has 50 heavy (non-hydrogen) atoms. The van der Waals surface area contributed by atoms with Gasteiger partial charge in [-0.2, -0.15) is 0 Å². The van der Waals surface area contributed by atoms with Crippen molar-refractivity contribution in [3.63, 3.8) is 0 Å². The maximum atomic E-state index is 11.7. The molecule has 2 atom stereocenters. The number of benzene rings is 2. The van der Waals surface area contributed by atoms with Crippen LogP contribution in [-0.2, 0) is 18.6 Å². The van der Waals surface area contributed by atoms with E-state index in [2.05, 4.69) is 82.3 Å². The summed E-state index contributed by atoms with van der Waals surface area (Å²) in [5.74, 6) is -1.77. The quantitative estimate of drug-likeness (QED) is 0.0490. The van der Waals surface area contributed by atoms with E-state index >= 15 is 0 Å². The zero-order valence-electron chi connectivity index (χ0n) is 32.6. The van der Waals surface area contributed by atoms with Gasteiger partial charge in [-0.25, -0.2) is 0 Å². The van der Waals surface area contributed by atoms with Crippen LogP contribution in [0.4, 0.5) is 0 Å². The molecule has 1 saturated heterocycles. The van der Waals surface area contributed by atoms with Crippen molar-refractivity contribution in [3.8, 4) is 0 Å². The van der Waals surface area contributed by atoms with E-state index in [4.69, 9.17) is 18.6 Å². The number of rotatable bonds is 24. The summed E-state index contributed by atoms with van der Waals surface area (Å²) in [5, 5.41) is 24.8. The molecule has 1 aliphatic heterocycles. The van der Waals surface area contributed by atoms with E-state index in [0.717, 1.165) is 44.9 Å². The fraction of sp³-hybridized carbons (Fsp3) is 0.674. The predicted octanol–water partition coefficient (Wildman–Crippen LogP) is 9.21. The van der Waals surface area contributed by atoms with Crippen LogP contribution in [-0.4, -0.2) is 61.6 Å². The summed E-state index contributed by atoms with van der Waals surface area (Å²) in [5.41, 5.74) is -1.01. The van der Waals surface area contributed by atoms with Gasteiger partial charge < -0.3 is 28.8 Å². The number of ether oxygens (including phenoxy) is 3. The van der Waals surface area contributed by atoms with Gasteiger partial charge in [0.05, 0.1) is 13.2 Å². The zero-order valence-corrected chi connectivity index (χ0v) is 33.6. The lowest BCUT2D eigenvalue weighted by Crippen LogP contribution is -2.67. The molecule has 7 heteroatoms. The van der Waals surface area contributed by atoms with Crippen molar-refractivity contribution in [1.29, 1.82) is 0 Å². The number of allylic oxidation sites excluding steroid dienone is 1. The molecule has 0 saturated carbocycles. The first-order valence-electron chi connectivity index (χ1n) is 19.6. The second kappa shape index (κ2) is 20.4. The van der Waals surface area contributed by atoms with Crippen molar-refractivity contribution >= 4 is 18.7 Å². The van der Waals surface area contributed by atoms with Crippen LogP contribution >= 0.6 is 0 Å². The van der Waals surface area contributed by atoms with E-state index in [1.807, 2.05) is 25.1 Å². The fourth-order valence-corrected chi connectivity index (χ4v) is 12.2. The monoisotopic (exact) mass is 710 g/mol. The number of hydrogen-bond donors (Lipinski definition) is 2. The topological polar surface area (TPSA) is 77.4 Å². The summed E-state index contributed by atoms with van der Waals surface area (Å²) in [7, 11) is -2.76. The molecule has 0 radical (unpaired) electrons. The highest BCUT2D eigenvalue weighted by molar-refractivity contribution is 6.99. The van der Waals surface area contributed by atoms with Crippen molar-refractivity contribution in [2.24, 2.45) is 0 Å². The average Bonchev–Trinajstić information content (AvgIpc) is 3.55. The maximum absolute atomic E-state index is 11.7. The highest BCUT2D eigenvalue weighted by atomic mass is 28.4.